The van der Waals surface area contributed by atoms with Crippen LogP contribution in [0.15, 0.2) is 24.4 Å². The lowest BCUT2D eigenvalue weighted by Gasteiger charge is -1.82. The van der Waals surface area contributed by atoms with E-state index >= 15 is 0 Å². The second-order valence-electron chi connectivity index (χ2n) is 2.28. The molecule has 3 heteroatoms. The summed E-state index contributed by atoms with van der Waals surface area (Å²) < 4.78 is 0. The molecule has 3 nitrogen and oxygen atoms in total. The number of fused-ring (bicyclic) bond motifs is 1. The zero-order valence-electron chi connectivity index (χ0n) is 5.74. The van der Waals surface area contributed by atoms with Gasteiger partial charge in [0.2, 0.25) is 0 Å². The summed E-state index contributed by atoms with van der Waals surface area (Å²) in [5, 5.41) is 0. The maximum absolute atomic E-state index is 10.3. The largest absolute Gasteiger partial charge is 0.351 e. The molecule has 2 rings (SSSR count). The Kier molecular flexibility index (Phi) is 1.22. The number of H-pyrrole nitrogens is 1. The van der Waals surface area contributed by atoms with Gasteiger partial charge in [-0.3, -0.25) is 9.78 Å². The molecule has 0 unspecified atom stereocenters. The van der Waals surface area contributed by atoms with E-state index in [4.69, 9.17) is 0 Å². The van der Waals surface area contributed by atoms with E-state index in [2.05, 4.69) is 9.97 Å². The van der Waals surface area contributed by atoms with Crippen LogP contribution < -0.4 is 0 Å². The van der Waals surface area contributed by atoms with Gasteiger partial charge in [0.25, 0.3) is 0 Å². The Labute approximate surface area is 63.1 Å². The van der Waals surface area contributed by atoms with Crippen LogP contribution in [0, 0.1) is 0 Å². The summed E-state index contributed by atoms with van der Waals surface area (Å²) in [6, 6.07) is 5.44. The number of rotatable bonds is 1. The van der Waals surface area contributed by atoms with Gasteiger partial charge >= 0.3 is 0 Å². The molecule has 0 aromatic carbocycles. The highest BCUT2D eigenvalue weighted by Gasteiger charge is 1.97. The molecular weight excluding hydrogens is 140 g/mol. The fourth-order valence-electron chi connectivity index (χ4n) is 1.04. The van der Waals surface area contributed by atoms with Crippen LogP contribution in [0.1, 0.15) is 10.5 Å². The highest BCUT2D eigenvalue weighted by Crippen LogP contribution is 2.09. The lowest BCUT2D eigenvalue weighted by molar-refractivity contribution is 0.112. The Balaban J connectivity index is 2.78. The summed E-state index contributed by atoms with van der Waals surface area (Å²) >= 11 is 0. The van der Waals surface area contributed by atoms with Crippen molar-refractivity contribution in [3.8, 4) is 0 Å². The molecule has 0 saturated heterocycles. The number of pyridine rings is 1. The van der Waals surface area contributed by atoms with Gasteiger partial charge in [0.15, 0.2) is 6.29 Å². The minimum absolute atomic E-state index is 0.568. The Morgan fingerprint density at radius 3 is 3.18 bits per heavy atom. The first-order valence-electron chi connectivity index (χ1n) is 3.29. The number of aldehydes is 1. The van der Waals surface area contributed by atoms with Gasteiger partial charge in [-0.25, -0.2) is 0 Å². The van der Waals surface area contributed by atoms with E-state index in [-0.39, 0.29) is 0 Å². The molecule has 2 aromatic heterocycles. The van der Waals surface area contributed by atoms with E-state index in [1.807, 2.05) is 12.1 Å². The number of hydrogen-bond acceptors (Lipinski definition) is 2. The van der Waals surface area contributed by atoms with E-state index in [1.54, 1.807) is 12.3 Å². The van der Waals surface area contributed by atoms with Crippen molar-refractivity contribution >= 4 is 17.3 Å². The minimum Gasteiger partial charge on any atom is -0.351 e. The number of hydrogen-bond donors (Lipinski definition) is 1. The minimum atomic E-state index is 0.568. The molecular formula is C8H6N2O. The van der Waals surface area contributed by atoms with Crippen molar-refractivity contribution in [1.82, 2.24) is 9.97 Å². The molecule has 0 amide bonds. The molecule has 1 N–H and O–H groups in total. The van der Waals surface area contributed by atoms with Crippen molar-refractivity contribution < 1.29 is 4.79 Å². The number of aromatic nitrogens is 2. The van der Waals surface area contributed by atoms with E-state index in [0.717, 1.165) is 17.3 Å². The second kappa shape index (κ2) is 2.20. The van der Waals surface area contributed by atoms with E-state index < -0.39 is 0 Å². The highest BCUT2D eigenvalue weighted by molar-refractivity contribution is 5.84. The molecule has 0 radical (unpaired) electrons. The summed E-state index contributed by atoms with van der Waals surface area (Å²) in [6.07, 6.45) is 2.48. The van der Waals surface area contributed by atoms with Crippen LogP contribution in [0.25, 0.3) is 11.0 Å². The highest BCUT2D eigenvalue weighted by atomic mass is 16.1. The van der Waals surface area contributed by atoms with E-state index in [0.29, 0.717) is 5.69 Å². The molecule has 0 aliphatic heterocycles. The predicted octanol–water partition coefficient (Wildman–Crippen LogP) is 1.38. The average Bonchev–Trinajstić information content (AvgIpc) is 2.46. The van der Waals surface area contributed by atoms with Crippen LogP contribution in [-0.4, -0.2) is 16.3 Å². The van der Waals surface area contributed by atoms with Gasteiger partial charge < -0.3 is 4.98 Å². The molecule has 0 saturated carbocycles. The van der Waals surface area contributed by atoms with Crippen molar-refractivity contribution in [2.45, 2.75) is 0 Å². The number of aromatic amines is 1. The van der Waals surface area contributed by atoms with Gasteiger partial charge in [0, 0.05) is 6.20 Å². The summed E-state index contributed by atoms with van der Waals surface area (Å²) in [5.74, 6) is 0. The topological polar surface area (TPSA) is 45.8 Å². The molecule has 0 spiro atoms. The zero-order chi connectivity index (χ0) is 7.68. The number of carbonyl (C=O) groups is 1. The van der Waals surface area contributed by atoms with Crippen LogP contribution in [0.4, 0.5) is 0 Å². The van der Waals surface area contributed by atoms with Crippen molar-refractivity contribution in [1.29, 1.82) is 0 Å². The van der Waals surface area contributed by atoms with Gasteiger partial charge in [-0.15, -0.1) is 0 Å². The standard InChI is InChI=1S/C8H6N2O/c11-5-6-4-8-7(10-6)2-1-3-9-8/h1-5,10H. The Morgan fingerprint density at radius 1 is 1.55 bits per heavy atom. The quantitative estimate of drug-likeness (QED) is 0.617. The third kappa shape index (κ3) is 0.902. The van der Waals surface area contributed by atoms with Gasteiger partial charge in [-0.2, -0.15) is 0 Å². The summed E-state index contributed by atoms with van der Waals surface area (Å²) in [5.41, 5.74) is 2.29. The lowest BCUT2D eigenvalue weighted by atomic mass is 10.4. The molecule has 54 valence electrons. The van der Waals surface area contributed by atoms with Gasteiger partial charge in [0.1, 0.15) is 0 Å². The van der Waals surface area contributed by atoms with Crippen LogP contribution in [0.5, 0.6) is 0 Å². The number of carbonyl (C=O) groups excluding carboxylic acids is 1. The summed E-state index contributed by atoms with van der Waals surface area (Å²) in [6.45, 7) is 0. The maximum atomic E-state index is 10.3. The first-order chi connectivity index (χ1) is 5.40. The third-order valence-corrected chi connectivity index (χ3v) is 1.54. The molecule has 11 heavy (non-hydrogen) atoms. The van der Waals surface area contributed by atoms with Crippen LogP contribution in [-0.2, 0) is 0 Å². The monoisotopic (exact) mass is 146 g/mol. The van der Waals surface area contributed by atoms with E-state index in [1.165, 1.54) is 0 Å². The smallest absolute Gasteiger partial charge is 0.166 e. The summed E-state index contributed by atoms with van der Waals surface area (Å²) in [4.78, 5) is 17.3. The second-order valence-corrected chi connectivity index (χ2v) is 2.28. The fourth-order valence-corrected chi connectivity index (χ4v) is 1.04. The molecule has 0 bridgehead atoms. The Morgan fingerprint density at radius 2 is 2.45 bits per heavy atom. The van der Waals surface area contributed by atoms with Crippen molar-refractivity contribution in [2.75, 3.05) is 0 Å². The van der Waals surface area contributed by atoms with Crippen molar-refractivity contribution in [3.05, 3.63) is 30.1 Å². The first-order valence-corrected chi connectivity index (χ1v) is 3.29. The first kappa shape index (κ1) is 6.09. The van der Waals surface area contributed by atoms with Crippen LogP contribution in [0.3, 0.4) is 0 Å². The summed E-state index contributed by atoms with van der Waals surface area (Å²) in [7, 11) is 0. The van der Waals surface area contributed by atoms with Gasteiger partial charge in [-0.1, -0.05) is 0 Å². The number of nitrogens with zero attached hydrogens (tertiary/aromatic N) is 1. The van der Waals surface area contributed by atoms with E-state index in [9.17, 15) is 4.79 Å². The molecule has 0 aliphatic carbocycles. The maximum Gasteiger partial charge on any atom is 0.166 e. The van der Waals surface area contributed by atoms with Gasteiger partial charge in [0.05, 0.1) is 16.7 Å². The molecule has 2 aromatic rings. The SMILES string of the molecule is O=Cc1cc2ncccc2[nH]1. The number of nitrogens with one attached hydrogen (secondary N) is 1. The Bertz CT molecular complexity index is 359. The van der Waals surface area contributed by atoms with Crippen LogP contribution in [0.2, 0.25) is 0 Å². The normalized spacial score (nSPS) is 10.2. The predicted molar refractivity (Wildman–Crippen MR) is 41.5 cm³/mol. The molecule has 0 atom stereocenters. The fraction of sp³-hybridized carbons (Fsp3) is 0. The third-order valence-electron chi connectivity index (χ3n) is 1.54. The Hall–Kier alpha value is -1.64. The lowest BCUT2D eigenvalue weighted by Crippen LogP contribution is -1.74. The van der Waals surface area contributed by atoms with Crippen LogP contribution >= 0.6 is 0 Å². The van der Waals surface area contributed by atoms with Gasteiger partial charge in [-0.05, 0) is 18.2 Å². The zero-order valence-corrected chi connectivity index (χ0v) is 5.74. The average molecular weight is 146 g/mol. The molecule has 0 aliphatic rings. The van der Waals surface area contributed by atoms with Crippen molar-refractivity contribution in [2.24, 2.45) is 0 Å². The molecule has 2 heterocycles. The van der Waals surface area contributed by atoms with Crippen molar-refractivity contribution in [3.63, 3.8) is 0 Å². The molecule has 0 fully saturated rings.